The van der Waals surface area contributed by atoms with Crippen LogP contribution in [0.4, 0.5) is 11.5 Å². The van der Waals surface area contributed by atoms with Crippen molar-refractivity contribution in [3.05, 3.63) is 62.2 Å². The third-order valence-electron chi connectivity index (χ3n) is 5.36. The minimum absolute atomic E-state index is 0.0191. The molecule has 11 nitrogen and oxygen atoms in total. The second-order valence-electron chi connectivity index (χ2n) is 8.20. The van der Waals surface area contributed by atoms with Crippen LogP contribution in [0.2, 0.25) is 0 Å². The van der Waals surface area contributed by atoms with Crippen LogP contribution in [0.3, 0.4) is 0 Å². The lowest BCUT2D eigenvalue weighted by Crippen LogP contribution is -2.29. The molecular formula is C21H28N4O7. The maximum absolute atomic E-state index is 12.3. The summed E-state index contributed by atoms with van der Waals surface area (Å²) in [6, 6.07) is 6.41. The zero-order chi connectivity index (χ0) is 23.4. The second kappa shape index (κ2) is 10.2. The number of aliphatic hydroxyl groups is 2. The van der Waals surface area contributed by atoms with Crippen molar-refractivity contribution in [3.8, 4) is 0 Å². The quantitative estimate of drug-likeness (QED) is 0.382. The van der Waals surface area contributed by atoms with Crippen molar-refractivity contribution in [3.63, 3.8) is 0 Å². The fourth-order valence-electron chi connectivity index (χ4n) is 3.72. The Hall–Kier alpha value is -2.86. The molecule has 0 radical (unpaired) electrons. The number of nitro groups is 1. The Morgan fingerprint density at radius 1 is 1.41 bits per heavy atom. The number of benzene rings is 1. The highest BCUT2D eigenvalue weighted by Gasteiger charge is 2.35. The number of rotatable bonds is 9. The largest absolute Gasteiger partial charge is 0.394 e. The maximum atomic E-state index is 12.3. The number of anilines is 1. The summed E-state index contributed by atoms with van der Waals surface area (Å²) < 4.78 is 12.8. The molecule has 11 heteroatoms. The van der Waals surface area contributed by atoms with Crippen molar-refractivity contribution in [2.75, 3.05) is 12.3 Å². The van der Waals surface area contributed by atoms with Crippen LogP contribution >= 0.6 is 0 Å². The highest BCUT2D eigenvalue weighted by atomic mass is 16.6. The number of aromatic nitrogens is 2. The number of ether oxygens (including phenoxy) is 2. The molecule has 1 saturated heterocycles. The molecule has 1 aliphatic rings. The number of para-hydroxylation sites is 1. The predicted molar refractivity (Wildman–Crippen MR) is 115 cm³/mol. The predicted octanol–water partition coefficient (Wildman–Crippen LogP) is 1.68. The van der Waals surface area contributed by atoms with Crippen LogP contribution in [0.1, 0.15) is 50.1 Å². The molecule has 32 heavy (non-hydrogen) atoms. The number of nitro benzene ring substituents is 1. The van der Waals surface area contributed by atoms with Gasteiger partial charge >= 0.3 is 5.69 Å². The summed E-state index contributed by atoms with van der Waals surface area (Å²) >= 11 is 0. The fourth-order valence-corrected chi connectivity index (χ4v) is 3.72. The summed E-state index contributed by atoms with van der Waals surface area (Å²) in [4.78, 5) is 27.2. The molecule has 4 atom stereocenters. The van der Waals surface area contributed by atoms with Gasteiger partial charge in [0.25, 0.3) is 5.69 Å². The molecule has 174 valence electrons. The molecule has 1 aliphatic heterocycles. The average Bonchev–Trinajstić information content (AvgIpc) is 3.12. The normalized spacial score (nSPS) is 21.7. The van der Waals surface area contributed by atoms with E-state index >= 15 is 0 Å². The van der Waals surface area contributed by atoms with Gasteiger partial charge in [-0.05, 0) is 18.4 Å². The third kappa shape index (κ3) is 5.30. The van der Waals surface area contributed by atoms with E-state index in [4.69, 9.17) is 15.2 Å². The molecule has 1 aromatic carbocycles. The zero-order valence-electron chi connectivity index (χ0n) is 18.0. The molecule has 4 N–H and O–H groups in total. The van der Waals surface area contributed by atoms with E-state index in [1.807, 2.05) is 13.8 Å². The molecule has 1 aromatic heterocycles. The molecule has 0 unspecified atom stereocenters. The van der Waals surface area contributed by atoms with E-state index in [0.29, 0.717) is 17.5 Å². The molecule has 0 amide bonds. The number of hydrogen-bond donors (Lipinski definition) is 3. The van der Waals surface area contributed by atoms with Gasteiger partial charge in [0, 0.05) is 24.2 Å². The standard InChI is InChI=1S/C21H28N4O7/c1-12(2)7-17(14-5-3-4-6-15(14)25(29)30)31-11-13-9-24(21(28)23-20(13)22)19-8-16(27)18(10-26)32-19/h3-6,9,12,16-19,26-27H,7-8,10-11H2,1-2H3,(H2,22,23,28)/t16-,17+,18-,19-/m1/s1. The van der Waals surface area contributed by atoms with E-state index in [1.54, 1.807) is 18.2 Å². The minimum atomic E-state index is -0.914. The van der Waals surface area contributed by atoms with E-state index < -0.39 is 35.2 Å². The fraction of sp³-hybridized carbons (Fsp3) is 0.524. The monoisotopic (exact) mass is 448 g/mol. The molecule has 0 saturated carbocycles. The van der Waals surface area contributed by atoms with Gasteiger partial charge in [-0.2, -0.15) is 4.98 Å². The summed E-state index contributed by atoms with van der Waals surface area (Å²) in [7, 11) is 0. The summed E-state index contributed by atoms with van der Waals surface area (Å²) in [6.45, 7) is 3.56. The van der Waals surface area contributed by atoms with Gasteiger partial charge in [-0.1, -0.05) is 26.0 Å². The summed E-state index contributed by atoms with van der Waals surface area (Å²) in [5, 5.41) is 30.7. The first-order valence-corrected chi connectivity index (χ1v) is 10.4. The first-order valence-electron chi connectivity index (χ1n) is 10.4. The lowest BCUT2D eigenvalue weighted by Gasteiger charge is -2.21. The maximum Gasteiger partial charge on any atom is 0.351 e. The van der Waals surface area contributed by atoms with Crippen LogP contribution in [-0.4, -0.2) is 43.5 Å². The summed E-state index contributed by atoms with van der Waals surface area (Å²) in [6.07, 6.45) is -0.977. The number of hydrogen-bond acceptors (Lipinski definition) is 9. The molecule has 0 spiro atoms. The lowest BCUT2D eigenvalue weighted by molar-refractivity contribution is -0.386. The average molecular weight is 448 g/mol. The zero-order valence-corrected chi connectivity index (χ0v) is 18.0. The van der Waals surface area contributed by atoms with Crippen molar-refractivity contribution in [1.82, 2.24) is 9.55 Å². The number of aliphatic hydroxyl groups excluding tert-OH is 2. The van der Waals surface area contributed by atoms with Crippen LogP contribution in [0.15, 0.2) is 35.3 Å². The smallest absolute Gasteiger partial charge is 0.351 e. The van der Waals surface area contributed by atoms with E-state index in [-0.39, 0.29) is 37.1 Å². The first kappa shape index (κ1) is 23.8. The number of nitrogen functional groups attached to an aromatic ring is 1. The lowest BCUT2D eigenvalue weighted by atomic mass is 9.98. The Labute approximate surface area is 184 Å². The van der Waals surface area contributed by atoms with Crippen LogP contribution in [0.5, 0.6) is 0 Å². The van der Waals surface area contributed by atoms with Gasteiger partial charge in [0.05, 0.1) is 35.9 Å². The van der Waals surface area contributed by atoms with Crippen molar-refractivity contribution in [2.24, 2.45) is 5.92 Å². The first-order chi connectivity index (χ1) is 15.2. The van der Waals surface area contributed by atoms with Gasteiger partial charge in [0.15, 0.2) is 0 Å². The van der Waals surface area contributed by atoms with E-state index in [9.17, 15) is 25.1 Å². The molecule has 2 aromatic rings. The van der Waals surface area contributed by atoms with E-state index in [2.05, 4.69) is 4.98 Å². The van der Waals surface area contributed by atoms with E-state index in [0.717, 1.165) is 0 Å². The van der Waals surface area contributed by atoms with Gasteiger partial charge in [-0.15, -0.1) is 0 Å². The Bertz CT molecular complexity index is 1010. The van der Waals surface area contributed by atoms with Crippen molar-refractivity contribution in [1.29, 1.82) is 0 Å². The van der Waals surface area contributed by atoms with Gasteiger partial charge in [-0.25, -0.2) is 4.79 Å². The van der Waals surface area contributed by atoms with Crippen molar-refractivity contribution >= 4 is 11.5 Å². The SMILES string of the molecule is CC(C)C[C@H](OCc1cn([C@H]2C[C@@H](O)[C@@H](CO)O2)c(=O)nc1N)c1ccccc1[N+](=O)[O-]. The van der Waals surface area contributed by atoms with Gasteiger partial charge < -0.3 is 25.4 Å². The van der Waals surface area contributed by atoms with Gasteiger partial charge in [0.2, 0.25) is 0 Å². The van der Waals surface area contributed by atoms with Crippen LogP contribution in [0, 0.1) is 16.0 Å². The van der Waals surface area contributed by atoms with E-state index in [1.165, 1.54) is 16.8 Å². The number of nitrogens with two attached hydrogens (primary N) is 1. The Morgan fingerprint density at radius 2 is 2.12 bits per heavy atom. The van der Waals surface area contributed by atoms with Crippen LogP contribution < -0.4 is 11.4 Å². The molecule has 2 heterocycles. The molecule has 3 rings (SSSR count). The van der Waals surface area contributed by atoms with Crippen LogP contribution in [0.25, 0.3) is 0 Å². The highest BCUT2D eigenvalue weighted by Crippen LogP contribution is 2.33. The van der Waals surface area contributed by atoms with Crippen molar-refractivity contribution in [2.45, 2.75) is 57.8 Å². The molecular weight excluding hydrogens is 420 g/mol. The Morgan fingerprint density at radius 3 is 2.75 bits per heavy atom. The molecule has 0 aliphatic carbocycles. The van der Waals surface area contributed by atoms with Crippen LogP contribution in [-0.2, 0) is 16.1 Å². The summed E-state index contributed by atoms with van der Waals surface area (Å²) in [5.41, 5.74) is 6.11. The minimum Gasteiger partial charge on any atom is -0.394 e. The van der Waals surface area contributed by atoms with Gasteiger partial charge in [0.1, 0.15) is 18.1 Å². The number of nitrogens with zero attached hydrogens (tertiary/aromatic N) is 3. The topological polar surface area (TPSA) is 163 Å². The van der Waals surface area contributed by atoms with Gasteiger partial charge in [-0.3, -0.25) is 14.7 Å². The summed E-state index contributed by atoms with van der Waals surface area (Å²) in [5.74, 6) is 0.183. The molecule has 0 bridgehead atoms. The Kier molecular flexibility index (Phi) is 7.56. The Balaban J connectivity index is 1.85. The van der Waals surface area contributed by atoms with Crippen molar-refractivity contribution < 1.29 is 24.6 Å². The second-order valence-corrected chi connectivity index (χ2v) is 8.20. The highest BCUT2D eigenvalue weighted by molar-refractivity contribution is 5.42. The molecule has 1 fully saturated rings. The third-order valence-corrected chi connectivity index (χ3v) is 5.36.